The maximum absolute atomic E-state index is 12.7. The molecule has 1 aromatic rings. The molecule has 0 N–H and O–H groups in total. The fourth-order valence-electron chi connectivity index (χ4n) is 1.42. The first kappa shape index (κ1) is 17.0. The number of nitrogens with zero attached hydrogens (tertiary/aromatic N) is 2. The van der Waals surface area contributed by atoms with Crippen molar-refractivity contribution in [1.29, 1.82) is 0 Å². The lowest BCUT2D eigenvalue weighted by Gasteiger charge is -2.19. The molecule has 20 heavy (non-hydrogen) atoms. The van der Waals surface area contributed by atoms with Gasteiger partial charge in [0.05, 0.1) is 9.79 Å². The van der Waals surface area contributed by atoms with Crippen LogP contribution in [0.5, 0.6) is 0 Å². The van der Waals surface area contributed by atoms with Crippen molar-refractivity contribution in [2.75, 3.05) is 34.2 Å². The van der Waals surface area contributed by atoms with Crippen LogP contribution in [0.2, 0.25) is 0 Å². The van der Waals surface area contributed by atoms with E-state index in [0.717, 1.165) is 28.6 Å². The second kappa shape index (κ2) is 6.17. The van der Waals surface area contributed by atoms with Gasteiger partial charge in [-0.25, -0.2) is 8.42 Å². The minimum absolute atomic E-state index is 0.0776. The van der Waals surface area contributed by atoms with E-state index in [1.807, 2.05) is 19.0 Å². The summed E-state index contributed by atoms with van der Waals surface area (Å²) < 4.78 is 59.6. The third-order valence-electron chi connectivity index (χ3n) is 2.68. The molecule has 0 aliphatic rings. The topological polar surface area (TPSA) is 74.8 Å². The Kier molecular flexibility index (Phi) is 5.25. The van der Waals surface area contributed by atoms with Gasteiger partial charge in [0.25, 0.3) is 0 Å². The number of rotatable bonds is 6. The number of likely N-dealkylation sites (N-methyl/N-ethyl adjacent to an activating group) is 2. The van der Waals surface area contributed by atoms with Crippen molar-refractivity contribution < 1.29 is 20.7 Å². The smallest absolute Gasteiger partial charge is 0.308 e. The molecule has 0 aliphatic heterocycles. The molecule has 0 fully saturated rings. The van der Waals surface area contributed by atoms with Crippen LogP contribution >= 0.6 is 0 Å². The fourth-order valence-corrected chi connectivity index (χ4v) is 3.04. The third-order valence-corrected chi connectivity index (χ3v) is 5.38. The zero-order valence-electron chi connectivity index (χ0n) is 11.4. The van der Waals surface area contributed by atoms with Crippen LogP contribution in [0.1, 0.15) is 0 Å². The van der Waals surface area contributed by atoms with Crippen molar-refractivity contribution in [2.45, 2.75) is 9.79 Å². The van der Waals surface area contributed by atoms with Gasteiger partial charge in [-0.2, -0.15) is 12.7 Å². The molecule has 0 bridgehead atoms. The highest BCUT2D eigenvalue weighted by Gasteiger charge is 2.21. The van der Waals surface area contributed by atoms with E-state index in [1.165, 1.54) is 7.05 Å². The molecule has 6 nitrogen and oxygen atoms in total. The molecule has 114 valence electrons. The maximum Gasteiger partial charge on any atom is 0.332 e. The minimum Gasteiger partial charge on any atom is -0.308 e. The summed E-state index contributed by atoms with van der Waals surface area (Å²) in [6.07, 6.45) is 0. The van der Waals surface area contributed by atoms with E-state index in [1.54, 1.807) is 0 Å². The van der Waals surface area contributed by atoms with Gasteiger partial charge in [0.15, 0.2) is 0 Å². The van der Waals surface area contributed by atoms with Gasteiger partial charge in [-0.05, 0) is 38.4 Å². The molecule has 1 aromatic carbocycles. The molecule has 0 radical (unpaired) electrons. The zero-order chi connectivity index (χ0) is 15.6. The molecular weight excluding hydrogens is 307 g/mol. The van der Waals surface area contributed by atoms with E-state index in [-0.39, 0.29) is 4.90 Å². The molecule has 0 heterocycles. The van der Waals surface area contributed by atoms with Crippen LogP contribution in [0.3, 0.4) is 0 Å². The molecular formula is C11H17FN2O4S2. The van der Waals surface area contributed by atoms with Crippen molar-refractivity contribution in [3.8, 4) is 0 Å². The summed E-state index contributed by atoms with van der Waals surface area (Å²) in [5.41, 5.74) is 0. The molecule has 0 spiro atoms. The van der Waals surface area contributed by atoms with Gasteiger partial charge in [-0.15, -0.1) is 3.89 Å². The molecule has 0 saturated heterocycles. The van der Waals surface area contributed by atoms with E-state index >= 15 is 0 Å². The summed E-state index contributed by atoms with van der Waals surface area (Å²) in [5.74, 6) is 0. The average Bonchev–Trinajstić information content (AvgIpc) is 2.34. The van der Waals surface area contributed by atoms with Crippen molar-refractivity contribution in [3.63, 3.8) is 0 Å². The number of halogens is 1. The number of benzene rings is 1. The fraction of sp³-hybridized carbons (Fsp3) is 0.455. The lowest BCUT2D eigenvalue weighted by Crippen LogP contribution is -2.33. The van der Waals surface area contributed by atoms with E-state index in [0.29, 0.717) is 13.1 Å². The zero-order valence-corrected chi connectivity index (χ0v) is 13.1. The molecule has 0 amide bonds. The lowest BCUT2D eigenvalue weighted by molar-refractivity contribution is 0.358. The van der Waals surface area contributed by atoms with Gasteiger partial charge < -0.3 is 4.90 Å². The van der Waals surface area contributed by atoms with Gasteiger partial charge in [-0.3, -0.25) is 0 Å². The Hall–Kier alpha value is -1.03. The minimum atomic E-state index is -4.82. The molecule has 9 heteroatoms. The molecule has 0 unspecified atom stereocenters. The van der Waals surface area contributed by atoms with Crippen LogP contribution in [-0.2, 0) is 20.2 Å². The molecule has 0 aromatic heterocycles. The highest BCUT2D eigenvalue weighted by Crippen LogP contribution is 2.18. The third kappa shape index (κ3) is 4.23. The second-order valence-electron chi connectivity index (χ2n) is 4.54. The molecule has 0 atom stereocenters. The summed E-state index contributed by atoms with van der Waals surface area (Å²) >= 11 is 0. The summed E-state index contributed by atoms with van der Waals surface area (Å²) in [6, 6.07) is 4.02. The first-order valence-corrected chi connectivity index (χ1v) is 8.53. The van der Waals surface area contributed by atoms with Crippen molar-refractivity contribution >= 4 is 20.2 Å². The van der Waals surface area contributed by atoms with Crippen molar-refractivity contribution in [3.05, 3.63) is 24.3 Å². The normalized spacial score (nSPS) is 13.1. The van der Waals surface area contributed by atoms with Crippen LogP contribution in [-0.4, -0.2) is 60.3 Å². The van der Waals surface area contributed by atoms with Gasteiger partial charge in [0, 0.05) is 20.1 Å². The number of hydrogen-bond donors (Lipinski definition) is 0. The molecule has 1 rings (SSSR count). The quantitative estimate of drug-likeness (QED) is 0.714. The van der Waals surface area contributed by atoms with Crippen molar-refractivity contribution in [2.24, 2.45) is 0 Å². The highest BCUT2D eigenvalue weighted by molar-refractivity contribution is 7.89. The average molecular weight is 324 g/mol. The first-order chi connectivity index (χ1) is 9.05. The van der Waals surface area contributed by atoms with E-state index in [4.69, 9.17) is 0 Å². The Labute approximate surface area is 119 Å². The summed E-state index contributed by atoms with van der Waals surface area (Å²) in [6.45, 7) is 0.838. The highest BCUT2D eigenvalue weighted by atomic mass is 32.3. The monoisotopic (exact) mass is 324 g/mol. The Morgan fingerprint density at radius 1 is 0.900 bits per heavy atom. The van der Waals surface area contributed by atoms with E-state index < -0.39 is 25.1 Å². The number of hydrogen-bond acceptors (Lipinski definition) is 5. The Bertz CT molecular complexity index is 654. The van der Waals surface area contributed by atoms with Gasteiger partial charge in [0.2, 0.25) is 10.0 Å². The van der Waals surface area contributed by atoms with Crippen LogP contribution in [0.25, 0.3) is 0 Å². The lowest BCUT2D eigenvalue weighted by atomic mass is 10.4. The SMILES string of the molecule is CN(C)CCN(C)S(=O)(=O)c1ccc(S(=O)(=O)F)cc1. The number of sulfonamides is 1. The summed E-state index contributed by atoms with van der Waals surface area (Å²) in [5, 5.41) is 0. The summed E-state index contributed by atoms with van der Waals surface area (Å²) in [4.78, 5) is 1.20. The van der Waals surface area contributed by atoms with Gasteiger partial charge in [0.1, 0.15) is 0 Å². The predicted molar refractivity (Wildman–Crippen MR) is 73.1 cm³/mol. The van der Waals surface area contributed by atoms with Crippen LogP contribution in [0.15, 0.2) is 34.1 Å². The molecule has 0 saturated carbocycles. The molecule has 0 aliphatic carbocycles. The largest absolute Gasteiger partial charge is 0.332 e. The van der Waals surface area contributed by atoms with Crippen molar-refractivity contribution in [1.82, 2.24) is 9.21 Å². The van der Waals surface area contributed by atoms with Gasteiger partial charge in [-0.1, -0.05) is 0 Å². The predicted octanol–water partition coefficient (Wildman–Crippen LogP) is 0.527. The first-order valence-electron chi connectivity index (χ1n) is 5.71. The summed E-state index contributed by atoms with van der Waals surface area (Å²) in [7, 11) is -3.46. The van der Waals surface area contributed by atoms with E-state index in [9.17, 15) is 20.7 Å². The maximum atomic E-state index is 12.7. The second-order valence-corrected chi connectivity index (χ2v) is 7.93. The van der Waals surface area contributed by atoms with E-state index in [2.05, 4.69) is 0 Å². The Morgan fingerprint density at radius 3 is 1.75 bits per heavy atom. The Balaban J connectivity index is 2.99. The Morgan fingerprint density at radius 2 is 1.35 bits per heavy atom. The van der Waals surface area contributed by atoms with Gasteiger partial charge >= 0.3 is 10.2 Å². The van der Waals surface area contributed by atoms with Crippen LogP contribution in [0.4, 0.5) is 3.89 Å². The standard InChI is InChI=1S/C11H17FN2O4S2/c1-13(2)8-9-14(3)20(17,18)11-6-4-10(5-7-11)19(12,15)16/h4-7H,8-9H2,1-3H3. The van der Waals surface area contributed by atoms with Crippen LogP contribution in [0, 0.1) is 0 Å². The van der Waals surface area contributed by atoms with Crippen LogP contribution < -0.4 is 0 Å².